The third kappa shape index (κ3) is 2.32. The van der Waals surface area contributed by atoms with Gasteiger partial charge in [0.05, 0.1) is 12.7 Å². The SMILES string of the molecule is NC(=O)C(N)(Cn1cc(-c2ccccc2)cn1)C1CC1. The molecule has 0 spiro atoms. The molecule has 1 saturated carbocycles. The van der Waals surface area contributed by atoms with Crippen LogP contribution >= 0.6 is 0 Å². The number of primary amides is 1. The average Bonchev–Trinajstić information content (AvgIpc) is 3.21. The third-order valence-corrected chi connectivity index (χ3v) is 3.93. The number of carbonyl (C=O) groups is 1. The highest BCUT2D eigenvalue weighted by Crippen LogP contribution is 2.39. The molecule has 0 radical (unpaired) electrons. The number of aromatic nitrogens is 2. The van der Waals surface area contributed by atoms with Gasteiger partial charge in [0.2, 0.25) is 5.91 Å². The maximum Gasteiger partial charge on any atom is 0.239 e. The topological polar surface area (TPSA) is 86.9 Å². The van der Waals surface area contributed by atoms with Crippen molar-refractivity contribution in [3.05, 3.63) is 42.7 Å². The Labute approximate surface area is 117 Å². The Bertz CT molecular complexity index is 618. The normalized spacial score (nSPS) is 17.6. The maximum absolute atomic E-state index is 11.6. The average molecular weight is 270 g/mol. The largest absolute Gasteiger partial charge is 0.368 e. The van der Waals surface area contributed by atoms with E-state index in [1.807, 2.05) is 36.5 Å². The van der Waals surface area contributed by atoms with Crippen LogP contribution in [0.25, 0.3) is 11.1 Å². The van der Waals surface area contributed by atoms with E-state index in [0.29, 0.717) is 6.54 Å². The fourth-order valence-corrected chi connectivity index (χ4v) is 2.50. The number of nitrogens with two attached hydrogens (primary N) is 2. The molecule has 2 aromatic rings. The molecule has 0 saturated heterocycles. The zero-order valence-corrected chi connectivity index (χ0v) is 11.2. The lowest BCUT2D eigenvalue weighted by atomic mass is 9.94. The van der Waals surface area contributed by atoms with Crippen molar-refractivity contribution >= 4 is 5.91 Å². The van der Waals surface area contributed by atoms with Crippen LogP contribution in [0.5, 0.6) is 0 Å². The minimum absolute atomic E-state index is 0.185. The van der Waals surface area contributed by atoms with Gasteiger partial charge in [-0.05, 0) is 24.3 Å². The van der Waals surface area contributed by atoms with Crippen LogP contribution in [0.4, 0.5) is 0 Å². The number of carbonyl (C=O) groups excluding carboxylic acids is 1. The molecule has 5 nitrogen and oxygen atoms in total. The fraction of sp³-hybridized carbons (Fsp3) is 0.333. The summed E-state index contributed by atoms with van der Waals surface area (Å²) in [5.74, 6) is -0.263. The Balaban J connectivity index is 1.82. The smallest absolute Gasteiger partial charge is 0.239 e. The van der Waals surface area contributed by atoms with E-state index in [9.17, 15) is 4.79 Å². The number of benzene rings is 1. The molecule has 1 aromatic heterocycles. The molecule has 1 atom stereocenters. The predicted molar refractivity (Wildman–Crippen MR) is 76.5 cm³/mol. The summed E-state index contributed by atoms with van der Waals surface area (Å²) in [6.45, 7) is 0.333. The molecule has 1 aliphatic rings. The molecule has 1 heterocycles. The van der Waals surface area contributed by atoms with Crippen LogP contribution in [0.15, 0.2) is 42.7 Å². The van der Waals surface area contributed by atoms with Gasteiger partial charge in [0.25, 0.3) is 0 Å². The molecule has 3 rings (SSSR count). The van der Waals surface area contributed by atoms with E-state index in [-0.39, 0.29) is 5.92 Å². The van der Waals surface area contributed by atoms with Crippen molar-refractivity contribution < 1.29 is 4.79 Å². The molecule has 1 aromatic carbocycles. The van der Waals surface area contributed by atoms with E-state index in [4.69, 9.17) is 11.5 Å². The van der Waals surface area contributed by atoms with Gasteiger partial charge >= 0.3 is 0 Å². The molecule has 1 fully saturated rings. The van der Waals surface area contributed by atoms with Crippen molar-refractivity contribution in [2.75, 3.05) is 0 Å². The standard InChI is InChI=1S/C15H18N4O/c16-14(20)15(17,13-6-7-13)10-19-9-12(8-18-19)11-4-2-1-3-5-11/h1-5,8-9,13H,6-7,10,17H2,(H2,16,20). The fourth-order valence-electron chi connectivity index (χ4n) is 2.50. The van der Waals surface area contributed by atoms with Crippen molar-refractivity contribution in [2.24, 2.45) is 17.4 Å². The van der Waals surface area contributed by atoms with Crippen molar-refractivity contribution in [3.63, 3.8) is 0 Å². The van der Waals surface area contributed by atoms with Gasteiger partial charge in [-0.1, -0.05) is 30.3 Å². The van der Waals surface area contributed by atoms with Gasteiger partial charge in [0.15, 0.2) is 0 Å². The molecule has 1 unspecified atom stereocenters. The van der Waals surface area contributed by atoms with Gasteiger partial charge in [0, 0.05) is 11.8 Å². The van der Waals surface area contributed by atoms with Crippen LogP contribution in [0, 0.1) is 5.92 Å². The molecule has 104 valence electrons. The Kier molecular flexibility index (Phi) is 3.06. The van der Waals surface area contributed by atoms with Gasteiger partial charge in [0.1, 0.15) is 5.54 Å². The van der Waals surface area contributed by atoms with Gasteiger partial charge in [-0.25, -0.2) is 0 Å². The minimum Gasteiger partial charge on any atom is -0.368 e. The van der Waals surface area contributed by atoms with E-state index < -0.39 is 11.4 Å². The molecular weight excluding hydrogens is 252 g/mol. The first-order valence-corrected chi connectivity index (χ1v) is 6.76. The highest BCUT2D eigenvalue weighted by Gasteiger charge is 2.47. The summed E-state index contributed by atoms with van der Waals surface area (Å²) >= 11 is 0. The lowest BCUT2D eigenvalue weighted by Gasteiger charge is -2.25. The summed E-state index contributed by atoms with van der Waals surface area (Å²) in [6.07, 6.45) is 5.62. The molecule has 5 heteroatoms. The second kappa shape index (κ2) is 4.76. The lowest BCUT2D eigenvalue weighted by Crippen LogP contribution is -2.56. The summed E-state index contributed by atoms with van der Waals surface area (Å²) in [4.78, 5) is 11.6. The van der Waals surface area contributed by atoms with Crippen molar-refractivity contribution in [1.29, 1.82) is 0 Å². The van der Waals surface area contributed by atoms with Gasteiger partial charge in [-0.15, -0.1) is 0 Å². The summed E-state index contributed by atoms with van der Waals surface area (Å²) < 4.78 is 1.71. The quantitative estimate of drug-likeness (QED) is 0.854. The summed E-state index contributed by atoms with van der Waals surface area (Å²) in [7, 11) is 0. The number of nitrogens with zero attached hydrogens (tertiary/aromatic N) is 2. The number of rotatable bonds is 5. The Morgan fingerprint density at radius 3 is 2.60 bits per heavy atom. The zero-order chi connectivity index (χ0) is 14.2. The van der Waals surface area contributed by atoms with E-state index in [2.05, 4.69) is 5.10 Å². The highest BCUT2D eigenvalue weighted by molar-refractivity contribution is 5.85. The Morgan fingerprint density at radius 2 is 2.00 bits per heavy atom. The number of hydrogen-bond donors (Lipinski definition) is 2. The summed E-state index contributed by atoms with van der Waals surface area (Å²) in [5.41, 5.74) is 12.8. The van der Waals surface area contributed by atoms with Crippen molar-refractivity contribution in [2.45, 2.75) is 24.9 Å². The first kappa shape index (κ1) is 12.9. The summed E-state index contributed by atoms with van der Waals surface area (Å²) in [5, 5.41) is 4.30. The number of hydrogen-bond acceptors (Lipinski definition) is 3. The van der Waals surface area contributed by atoms with E-state index in [1.165, 1.54) is 0 Å². The van der Waals surface area contributed by atoms with Crippen LogP contribution in [-0.4, -0.2) is 21.2 Å². The van der Waals surface area contributed by atoms with Crippen LogP contribution in [-0.2, 0) is 11.3 Å². The van der Waals surface area contributed by atoms with Gasteiger partial charge in [-0.2, -0.15) is 5.10 Å². The number of amides is 1. The maximum atomic E-state index is 11.6. The minimum atomic E-state index is -0.986. The van der Waals surface area contributed by atoms with Crippen LogP contribution < -0.4 is 11.5 Å². The molecule has 4 N–H and O–H groups in total. The van der Waals surface area contributed by atoms with Crippen LogP contribution in [0.2, 0.25) is 0 Å². The van der Waals surface area contributed by atoms with E-state index in [1.54, 1.807) is 10.9 Å². The van der Waals surface area contributed by atoms with E-state index in [0.717, 1.165) is 24.0 Å². The van der Waals surface area contributed by atoms with E-state index >= 15 is 0 Å². The molecule has 0 aliphatic heterocycles. The highest BCUT2D eigenvalue weighted by atomic mass is 16.1. The zero-order valence-electron chi connectivity index (χ0n) is 11.2. The van der Waals surface area contributed by atoms with Crippen molar-refractivity contribution in [1.82, 2.24) is 9.78 Å². The molecule has 1 aliphatic carbocycles. The van der Waals surface area contributed by atoms with Crippen molar-refractivity contribution in [3.8, 4) is 11.1 Å². The first-order valence-electron chi connectivity index (χ1n) is 6.76. The monoisotopic (exact) mass is 270 g/mol. The Hall–Kier alpha value is -2.14. The molecular formula is C15H18N4O. The molecule has 1 amide bonds. The molecule has 20 heavy (non-hydrogen) atoms. The second-order valence-electron chi connectivity index (χ2n) is 5.47. The second-order valence-corrected chi connectivity index (χ2v) is 5.47. The van der Waals surface area contributed by atoms with Crippen LogP contribution in [0.3, 0.4) is 0 Å². The van der Waals surface area contributed by atoms with Gasteiger partial charge < -0.3 is 11.5 Å². The van der Waals surface area contributed by atoms with Gasteiger partial charge in [-0.3, -0.25) is 9.48 Å². The predicted octanol–water partition coefficient (Wildman–Crippen LogP) is 1.14. The summed E-state index contributed by atoms with van der Waals surface area (Å²) in [6, 6.07) is 9.97. The lowest BCUT2D eigenvalue weighted by molar-refractivity contribution is -0.124. The molecule has 0 bridgehead atoms. The first-order chi connectivity index (χ1) is 9.59. The Morgan fingerprint density at radius 1 is 1.30 bits per heavy atom. The third-order valence-electron chi connectivity index (χ3n) is 3.93. The van der Waals surface area contributed by atoms with Crippen LogP contribution in [0.1, 0.15) is 12.8 Å².